The summed E-state index contributed by atoms with van der Waals surface area (Å²) in [5.74, 6) is -0.0220. The van der Waals surface area contributed by atoms with E-state index in [0.29, 0.717) is 35.4 Å². The van der Waals surface area contributed by atoms with Crippen molar-refractivity contribution in [2.24, 2.45) is 5.10 Å². The Bertz CT molecular complexity index is 1420. The molecule has 204 valence electrons. The monoisotopic (exact) mass is 653 g/mol. The lowest BCUT2D eigenvalue weighted by molar-refractivity contribution is -0.394. The van der Waals surface area contributed by atoms with Gasteiger partial charge in [-0.15, -0.1) is 0 Å². The first-order valence-electron chi connectivity index (χ1n) is 11.5. The zero-order valence-electron chi connectivity index (χ0n) is 20.4. The summed E-state index contributed by atoms with van der Waals surface area (Å²) >= 11 is 1.97. The van der Waals surface area contributed by atoms with E-state index in [4.69, 9.17) is 14.2 Å². The van der Waals surface area contributed by atoms with Crippen LogP contribution in [-0.2, 0) is 4.74 Å². The van der Waals surface area contributed by atoms with E-state index in [1.54, 1.807) is 24.0 Å². The molecule has 2 aromatic carbocycles. The van der Waals surface area contributed by atoms with Gasteiger partial charge in [-0.3, -0.25) is 20.2 Å². The molecule has 2 heterocycles. The van der Waals surface area contributed by atoms with Gasteiger partial charge in [-0.25, -0.2) is 14.8 Å². The third-order valence-corrected chi connectivity index (χ3v) is 6.11. The van der Waals surface area contributed by atoms with Crippen molar-refractivity contribution in [2.75, 3.05) is 43.2 Å². The summed E-state index contributed by atoms with van der Waals surface area (Å²) in [7, 11) is 0. The van der Waals surface area contributed by atoms with Crippen LogP contribution in [0, 0.1) is 29.6 Å². The standard InChI is InChI=1S/C23H21FIN7O7/c1-2-38-20-10-14(12-27-29-23-26-13-16(24)22(28-23)30-5-7-37-8-6-30)9-17(25)21(20)39-19-4-3-15(31(33)34)11-18(19)32(35)36/h3-4,9-13H,2,5-8H2,1H3,(H,26,28,29)/b27-12-. The highest BCUT2D eigenvalue weighted by Crippen LogP contribution is 2.41. The lowest BCUT2D eigenvalue weighted by Gasteiger charge is -2.27. The van der Waals surface area contributed by atoms with Crippen molar-refractivity contribution in [3.05, 3.63) is 71.7 Å². The number of nitrogens with zero attached hydrogens (tertiary/aromatic N) is 6. The van der Waals surface area contributed by atoms with E-state index >= 15 is 0 Å². The molecule has 0 unspecified atom stereocenters. The van der Waals surface area contributed by atoms with E-state index < -0.39 is 27.0 Å². The van der Waals surface area contributed by atoms with E-state index in [1.807, 2.05) is 22.6 Å². The maximum atomic E-state index is 14.3. The number of halogens is 2. The van der Waals surface area contributed by atoms with Crippen molar-refractivity contribution in [1.82, 2.24) is 9.97 Å². The van der Waals surface area contributed by atoms with Gasteiger partial charge in [0.2, 0.25) is 11.7 Å². The van der Waals surface area contributed by atoms with Crippen LogP contribution in [0.25, 0.3) is 0 Å². The number of hydrazone groups is 1. The van der Waals surface area contributed by atoms with Crippen LogP contribution in [0.2, 0.25) is 0 Å². The summed E-state index contributed by atoms with van der Waals surface area (Å²) in [5.41, 5.74) is 2.26. The van der Waals surface area contributed by atoms with E-state index in [-0.39, 0.29) is 35.6 Å². The summed E-state index contributed by atoms with van der Waals surface area (Å²) in [5, 5.41) is 26.7. The van der Waals surface area contributed by atoms with Gasteiger partial charge in [0, 0.05) is 19.2 Å². The predicted molar refractivity (Wildman–Crippen MR) is 146 cm³/mol. The summed E-state index contributed by atoms with van der Waals surface area (Å²) in [6, 6.07) is 6.40. The molecule has 0 radical (unpaired) electrons. The number of nitro groups is 2. The smallest absolute Gasteiger partial charge is 0.318 e. The third kappa shape index (κ3) is 6.82. The van der Waals surface area contributed by atoms with E-state index in [9.17, 15) is 24.6 Å². The molecule has 14 nitrogen and oxygen atoms in total. The van der Waals surface area contributed by atoms with Crippen LogP contribution in [-0.4, -0.2) is 58.9 Å². The van der Waals surface area contributed by atoms with Gasteiger partial charge >= 0.3 is 5.69 Å². The molecule has 16 heteroatoms. The van der Waals surface area contributed by atoms with E-state index in [0.717, 1.165) is 24.4 Å². The highest BCUT2D eigenvalue weighted by molar-refractivity contribution is 14.1. The number of aromatic nitrogens is 2. The molecule has 4 rings (SSSR count). The summed E-state index contributed by atoms with van der Waals surface area (Å²) in [6.45, 7) is 3.98. The number of morpholine rings is 1. The highest BCUT2D eigenvalue weighted by atomic mass is 127. The third-order valence-electron chi connectivity index (χ3n) is 5.31. The van der Waals surface area contributed by atoms with Crippen LogP contribution in [0.3, 0.4) is 0 Å². The van der Waals surface area contributed by atoms with Crippen LogP contribution < -0.4 is 19.8 Å². The number of nitrogens with one attached hydrogen (secondary N) is 1. The Morgan fingerprint density at radius 2 is 1.97 bits per heavy atom. The number of rotatable bonds is 10. The normalized spacial score (nSPS) is 13.4. The topological polar surface area (TPSA) is 167 Å². The summed E-state index contributed by atoms with van der Waals surface area (Å²) in [6.07, 6.45) is 2.53. The van der Waals surface area contributed by atoms with Gasteiger partial charge in [0.25, 0.3) is 5.69 Å². The van der Waals surface area contributed by atoms with Gasteiger partial charge in [-0.05, 0) is 53.3 Å². The first kappa shape index (κ1) is 27.8. The van der Waals surface area contributed by atoms with Gasteiger partial charge in [-0.1, -0.05) is 0 Å². The first-order chi connectivity index (χ1) is 18.8. The zero-order valence-corrected chi connectivity index (χ0v) is 22.5. The van der Waals surface area contributed by atoms with Crippen LogP contribution >= 0.6 is 22.6 Å². The molecule has 0 aliphatic carbocycles. The average Bonchev–Trinajstić information content (AvgIpc) is 2.92. The minimum atomic E-state index is -0.760. The lowest BCUT2D eigenvalue weighted by atomic mass is 10.2. The zero-order chi connectivity index (χ0) is 27.9. The van der Waals surface area contributed by atoms with Gasteiger partial charge in [0.05, 0.1) is 51.7 Å². The van der Waals surface area contributed by atoms with Gasteiger partial charge in [0.15, 0.2) is 23.1 Å². The van der Waals surface area contributed by atoms with Crippen molar-refractivity contribution in [3.8, 4) is 17.2 Å². The number of anilines is 2. The van der Waals surface area contributed by atoms with E-state index in [1.165, 1.54) is 6.21 Å². The molecule has 0 bridgehead atoms. The second-order valence-electron chi connectivity index (χ2n) is 7.87. The van der Waals surface area contributed by atoms with Crippen molar-refractivity contribution in [3.63, 3.8) is 0 Å². The Kier molecular flexibility index (Phi) is 8.97. The number of non-ortho nitro benzene ring substituents is 1. The number of ether oxygens (including phenoxy) is 3. The molecule has 1 aromatic heterocycles. The molecule has 1 aliphatic heterocycles. The fraction of sp³-hybridized carbons (Fsp3) is 0.261. The Morgan fingerprint density at radius 3 is 2.67 bits per heavy atom. The molecule has 0 amide bonds. The predicted octanol–water partition coefficient (Wildman–Crippen LogP) is 4.51. The largest absolute Gasteiger partial charge is 0.490 e. The second kappa shape index (κ2) is 12.6. The molecule has 0 atom stereocenters. The Morgan fingerprint density at radius 1 is 1.21 bits per heavy atom. The lowest BCUT2D eigenvalue weighted by Crippen LogP contribution is -2.37. The van der Waals surface area contributed by atoms with Crippen LogP contribution in [0.15, 0.2) is 41.6 Å². The fourth-order valence-corrected chi connectivity index (χ4v) is 4.29. The summed E-state index contributed by atoms with van der Waals surface area (Å²) in [4.78, 5) is 30.9. The van der Waals surface area contributed by atoms with Crippen molar-refractivity contribution in [1.29, 1.82) is 0 Å². The number of hydrogen-bond acceptors (Lipinski definition) is 12. The first-order valence-corrected chi connectivity index (χ1v) is 12.6. The van der Waals surface area contributed by atoms with Crippen LogP contribution in [0.1, 0.15) is 12.5 Å². The molecule has 1 fully saturated rings. The van der Waals surface area contributed by atoms with Crippen molar-refractivity contribution >= 4 is 51.9 Å². The average molecular weight is 653 g/mol. The Balaban J connectivity index is 1.56. The van der Waals surface area contributed by atoms with Crippen LogP contribution in [0.4, 0.5) is 27.5 Å². The quantitative estimate of drug-likeness (QED) is 0.142. The van der Waals surface area contributed by atoms with Gasteiger partial charge < -0.3 is 19.1 Å². The number of nitro benzene ring substituents is 2. The SMILES string of the molecule is CCOc1cc(/C=N\Nc2ncc(F)c(N3CCOCC3)n2)cc(I)c1Oc1ccc([N+](=O)[O-])cc1[N+](=O)[O-]. The Hall–Kier alpha value is -4.19. The maximum absolute atomic E-state index is 14.3. The molecular weight excluding hydrogens is 632 g/mol. The molecule has 1 N–H and O–H groups in total. The highest BCUT2D eigenvalue weighted by Gasteiger charge is 2.24. The minimum absolute atomic E-state index is 0.0966. The van der Waals surface area contributed by atoms with Gasteiger partial charge in [0.1, 0.15) is 0 Å². The molecule has 3 aromatic rings. The molecule has 1 aliphatic rings. The Labute approximate surface area is 234 Å². The molecule has 1 saturated heterocycles. The minimum Gasteiger partial charge on any atom is -0.490 e. The number of benzene rings is 2. The summed E-state index contributed by atoms with van der Waals surface area (Å²) < 4.78 is 31.6. The van der Waals surface area contributed by atoms with Gasteiger partial charge in [-0.2, -0.15) is 10.1 Å². The molecule has 0 spiro atoms. The van der Waals surface area contributed by atoms with Crippen LogP contribution in [0.5, 0.6) is 17.2 Å². The second-order valence-corrected chi connectivity index (χ2v) is 9.03. The fourth-order valence-electron chi connectivity index (χ4n) is 3.56. The molecular formula is C23H21FIN7O7. The van der Waals surface area contributed by atoms with Crippen molar-refractivity contribution < 1.29 is 28.4 Å². The number of hydrogen-bond donors (Lipinski definition) is 1. The van der Waals surface area contributed by atoms with E-state index in [2.05, 4.69) is 20.5 Å². The molecule has 0 saturated carbocycles. The van der Waals surface area contributed by atoms with Crippen molar-refractivity contribution in [2.45, 2.75) is 6.92 Å². The molecule has 39 heavy (non-hydrogen) atoms. The maximum Gasteiger partial charge on any atom is 0.318 e.